The maximum Gasteiger partial charge on any atom is 0.340 e. The van der Waals surface area contributed by atoms with Gasteiger partial charge in [-0.3, -0.25) is 4.79 Å². The quantitative estimate of drug-likeness (QED) is 0.565. The predicted molar refractivity (Wildman–Crippen MR) is 119 cm³/mol. The molecule has 1 N–H and O–H groups in total. The zero-order valence-electron chi connectivity index (χ0n) is 18.0. The summed E-state index contributed by atoms with van der Waals surface area (Å²) in [5.74, 6) is 1.14. The molecule has 1 amide bonds. The number of nitrogens with one attached hydrogen (secondary N) is 1. The summed E-state index contributed by atoms with van der Waals surface area (Å²) >= 11 is 0. The molecule has 0 atom stereocenters. The van der Waals surface area contributed by atoms with Crippen molar-refractivity contribution in [3.63, 3.8) is 0 Å². The van der Waals surface area contributed by atoms with E-state index in [1.165, 1.54) is 27.4 Å². The molecule has 1 aliphatic heterocycles. The van der Waals surface area contributed by atoms with Crippen LogP contribution in [0.1, 0.15) is 33.8 Å². The zero-order valence-corrected chi connectivity index (χ0v) is 18.0. The number of carbonyl (C=O) groups is 2. The smallest absolute Gasteiger partial charge is 0.340 e. The zero-order chi connectivity index (χ0) is 22.7. The fourth-order valence-corrected chi connectivity index (χ4v) is 3.88. The molecule has 4 rings (SSSR count). The number of anilines is 1. The summed E-state index contributed by atoms with van der Waals surface area (Å²) < 4.78 is 21.5. The molecule has 7 heteroatoms. The van der Waals surface area contributed by atoms with E-state index in [2.05, 4.69) is 5.32 Å². The number of ether oxygens (including phenoxy) is 4. The Bertz CT molecular complexity index is 1130. The SMILES string of the molecule is COC(=O)c1cc(OC)c(OC)cc1NC(=O)CC1c2ccccc2Oc2ccccc21. The maximum absolute atomic E-state index is 13.1. The van der Waals surface area contributed by atoms with Crippen molar-refractivity contribution in [1.82, 2.24) is 0 Å². The summed E-state index contributed by atoms with van der Waals surface area (Å²) in [6, 6.07) is 18.4. The molecule has 0 saturated carbocycles. The first-order valence-corrected chi connectivity index (χ1v) is 10.1. The summed E-state index contributed by atoms with van der Waals surface area (Å²) in [6.45, 7) is 0. The van der Waals surface area contributed by atoms with Gasteiger partial charge in [-0.2, -0.15) is 0 Å². The fraction of sp³-hybridized carbons (Fsp3) is 0.200. The van der Waals surface area contributed by atoms with Gasteiger partial charge in [-0.15, -0.1) is 0 Å². The van der Waals surface area contributed by atoms with Gasteiger partial charge in [-0.25, -0.2) is 4.79 Å². The van der Waals surface area contributed by atoms with Crippen LogP contribution in [-0.2, 0) is 9.53 Å². The second-order valence-corrected chi connectivity index (χ2v) is 7.23. The Balaban J connectivity index is 1.66. The standard InChI is InChI=1S/C25H23NO6/c1-29-22-12-18(25(28)31-3)19(14-23(22)30-2)26-24(27)13-17-15-8-4-6-10-20(15)32-21-11-7-5-9-16(17)21/h4-12,14,17H,13H2,1-3H3,(H,26,27). The molecule has 0 fully saturated rings. The summed E-state index contributed by atoms with van der Waals surface area (Å²) in [5, 5.41) is 2.84. The van der Waals surface area contributed by atoms with E-state index >= 15 is 0 Å². The molecule has 0 spiro atoms. The molecular weight excluding hydrogens is 410 g/mol. The Morgan fingerprint density at radius 2 is 1.44 bits per heavy atom. The first-order chi connectivity index (χ1) is 15.5. The number of hydrogen-bond acceptors (Lipinski definition) is 6. The number of amides is 1. The lowest BCUT2D eigenvalue weighted by Gasteiger charge is -2.28. The largest absolute Gasteiger partial charge is 0.493 e. The van der Waals surface area contributed by atoms with Gasteiger partial charge in [0.25, 0.3) is 0 Å². The second kappa shape index (κ2) is 9.01. The van der Waals surface area contributed by atoms with Crippen LogP contribution < -0.4 is 19.5 Å². The lowest BCUT2D eigenvalue weighted by molar-refractivity contribution is -0.116. The molecular formula is C25H23NO6. The van der Waals surface area contributed by atoms with Crippen molar-refractivity contribution in [1.29, 1.82) is 0 Å². The van der Waals surface area contributed by atoms with Gasteiger partial charge < -0.3 is 24.3 Å². The maximum atomic E-state index is 13.1. The predicted octanol–water partition coefficient (Wildman–Crippen LogP) is 4.76. The van der Waals surface area contributed by atoms with Gasteiger partial charge in [0.1, 0.15) is 11.5 Å². The van der Waals surface area contributed by atoms with Gasteiger partial charge in [-0.05, 0) is 12.1 Å². The van der Waals surface area contributed by atoms with E-state index in [-0.39, 0.29) is 29.5 Å². The molecule has 164 valence electrons. The highest BCUT2D eigenvalue weighted by molar-refractivity contribution is 6.02. The minimum absolute atomic E-state index is 0.159. The molecule has 32 heavy (non-hydrogen) atoms. The third kappa shape index (κ3) is 3.97. The molecule has 1 aliphatic rings. The van der Waals surface area contributed by atoms with Crippen molar-refractivity contribution in [3.8, 4) is 23.0 Å². The normalized spacial score (nSPS) is 12.1. The van der Waals surface area contributed by atoms with Crippen molar-refractivity contribution in [3.05, 3.63) is 77.4 Å². The van der Waals surface area contributed by atoms with Crippen molar-refractivity contribution in [2.24, 2.45) is 0 Å². The number of carbonyl (C=O) groups excluding carboxylic acids is 2. The first kappa shape index (κ1) is 21.2. The van der Waals surface area contributed by atoms with Crippen LogP contribution in [-0.4, -0.2) is 33.2 Å². The second-order valence-electron chi connectivity index (χ2n) is 7.23. The number of benzene rings is 3. The van der Waals surface area contributed by atoms with E-state index in [4.69, 9.17) is 18.9 Å². The number of para-hydroxylation sites is 2. The molecule has 0 aliphatic carbocycles. The van der Waals surface area contributed by atoms with E-state index in [1.54, 1.807) is 6.07 Å². The highest BCUT2D eigenvalue weighted by Gasteiger charge is 2.29. The van der Waals surface area contributed by atoms with Crippen LogP contribution in [0.3, 0.4) is 0 Å². The average molecular weight is 433 g/mol. The molecule has 7 nitrogen and oxygen atoms in total. The van der Waals surface area contributed by atoms with Gasteiger partial charge in [0.15, 0.2) is 11.5 Å². The van der Waals surface area contributed by atoms with Crippen LogP contribution in [0.2, 0.25) is 0 Å². The van der Waals surface area contributed by atoms with Crippen molar-refractivity contribution in [2.45, 2.75) is 12.3 Å². The first-order valence-electron chi connectivity index (χ1n) is 10.1. The van der Waals surface area contributed by atoms with Crippen LogP contribution in [0, 0.1) is 0 Å². The Hall–Kier alpha value is -4.00. The number of hydrogen-bond donors (Lipinski definition) is 1. The monoisotopic (exact) mass is 433 g/mol. The Morgan fingerprint density at radius 1 is 0.875 bits per heavy atom. The van der Waals surface area contributed by atoms with Crippen LogP contribution >= 0.6 is 0 Å². The van der Waals surface area contributed by atoms with Gasteiger partial charge in [-0.1, -0.05) is 36.4 Å². The number of methoxy groups -OCH3 is 3. The van der Waals surface area contributed by atoms with E-state index < -0.39 is 5.97 Å². The Morgan fingerprint density at radius 3 is 2.00 bits per heavy atom. The number of esters is 1. The van der Waals surface area contributed by atoms with E-state index in [0.29, 0.717) is 11.5 Å². The van der Waals surface area contributed by atoms with Gasteiger partial charge in [0.2, 0.25) is 5.91 Å². The molecule has 0 aromatic heterocycles. The minimum atomic E-state index is -0.594. The molecule has 0 radical (unpaired) electrons. The summed E-state index contributed by atoms with van der Waals surface area (Å²) in [4.78, 5) is 25.5. The number of rotatable bonds is 6. The summed E-state index contributed by atoms with van der Waals surface area (Å²) in [7, 11) is 4.23. The third-order valence-corrected chi connectivity index (χ3v) is 5.40. The molecule has 3 aromatic rings. The van der Waals surface area contributed by atoms with Gasteiger partial charge >= 0.3 is 5.97 Å². The average Bonchev–Trinajstić information content (AvgIpc) is 2.83. The van der Waals surface area contributed by atoms with Crippen LogP contribution in [0.25, 0.3) is 0 Å². The number of fused-ring (bicyclic) bond motifs is 2. The van der Waals surface area contributed by atoms with Crippen LogP contribution in [0.15, 0.2) is 60.7 Å². The summed E-state index contributed by atoms with van der Waals surface area (Å²) in [5.41, 5.74) is 2.32. The lowest BCUT2D eigenvalue weighted by atomic mass is 9.85. The minimum Gasteiger partial charge on any atom is -0.493 e. The lowest BCUT2D eigenvalue weighted by Crippen LogP contribution is -2.20. The molecule has 1 heterocycles. The Kier molecular flexibility index (Phi) is 5.98. The highest BCUT2D eigenvalue weighted by Crippen LogP contribution is 2.45. The topological polar surface area (TPSA) is 83.1 Å². The third-order valence-electron chi connectivity index (χ3n) is 5.40. The Labute approximate surface area is 185 Å². The van der Waals surface area contributed by atoms with Gasteiger partial charge in [0.05, 0.1) is 32.6 Å². The highest BCUT2D eigenvalue weighted by atomic mass is 16.5. The molecule has 0 unspecified atom stereocenters. The van der Waals surface area contributed by atoms with E-state index in [1.807, 2.05) is 48.5 Å². The van der Waals surface area contributed by atoms with Crippen LogP contribution in [0.5, 0.6) is 23.0 Å². The van der Waals surface area contributed by atoms with Gasteiger partial charge in [0, 0.05) is 35.6 Å². The van der Waals surface area contributed by atoms with Crippen LogP contribution in [0.4, 0.5) is 5.69 Å². The molecule has 0 saturated heterocycles. The fourth-order valence-electron chi connectivity index (χ4n) is 3.88. The van der Waals surface area contributed by atoms with Crippen molar-refractivity contribution < 1.29 is 28.5 Å². The van der Waals surface area contributed by atoms with E-state index in [9.17, 15) is 9.59 Å². The molecule has 3 aromatic carbocycles. The summed E-state index contributed by atoms with van der Waals surface area (Å²) in [6.07, 6.45) is 0.159. The van der Waals surface area contributed by atoms with Crippen molar-refractivity contribution >= 4 is 17.6 Å². The van der Waals surface area contributed by atoms with E-state index in [0.717, 1.165) is 22.6 Å². The molecule has 0 bridgehead atoms. The van der Waals surface area contributed by atoms with Crippen molar-refractivity contribution in [2.75, 3.05) is 26.6 Å².